The van der Waals surface area contributed by atoms with E-state index in [1.807, 2.05) is 19.2 Å². The maximum Gasteiger partial charge on any atom is 0.193 e. The highest BCUT2D eigenvalue weighted by Crippen LogP contribution is 2.22. The molecule has 0 saturated carbocycles. The number of hydrogen-bond acceptors (Lipinski definition) is 4. The Morgan fingerprint density at radius 2 is 2.00 bits per heavy atom. The van der Waals surface area contributed by atoms with Gasteiger partial charge in [0.1, 0.15) is 5.75 Å². The number of aliphatic imine (C=N–C) groups is 1. The van der Waals surface area contributed by atoms with Crippen molar-refractivity contribution in [1.29, 1.82) is 0 Å². The van der Waals surface area contributed by atoms with Gasteiger partial charge in [0.15, 0.2) is 5.96 Å². The topological polar surface area (TPSA) is 43.3 Å². The number of guanidine groups is 1. The molecule has 1 saturated heterocycles. The summed E-state index contributed by atoms with van der Waals surface area (Å²) >= 11 is 0. The van der Waals surface area contributed by atoms with Gasteiger partial charge >= 0.3 is 0 Å². The van der Waals surface area contributed by atoms with Crippen LogP contribution in [0.25, 0.3) is 0 Å². The van der Waals surface area contributed by atoms with Gasteiger partial charge in [-0.05, 0) is 33.0 Å². The van der Waals surface area contributed by atoms with Gasteiger partial charge < -0.3 is 24.8 Å². The number of rotatable bonds is 6. The van der Waals surface area contributed by atoms with Crippen LogP contribution in [0.5, 0.6) is 5.75 Å². The van der Waals surface area contributed by atoms with Gasteiger partial charge in [-0.2, -0.15) is 0 Å². The van der Waals surface area contributed by atoms with Crippen LogP contribution in [0.1, 0.15) is 13.8 Å². The monoisotopic (exact) mass is 347 g/mol. The number of nitrogens with zero attached hydrogens (tertiary/aromatic N) is 4. The van der Waals surface area contributed by atoms with E-state index in [9.17, 15) is 0 Å². The number of likely N-dealkylation sites (N-methyl/N-ethyl adjacent to an activating group) is 1. The number of methoxy groups -OCH3 is 1. The van der Waals surface area contributed by atoms with Crippen molar-refractivity contribution in [2.45, 2.75) is 19.9 Å². The third-order valence-corrected chi connectivity index (χ3v) is 4.84. The minimum Gasteiger partial charge on any atom is -0.497 e. The lowest BCUT2D eigenvalue weighted by Crippen LogP contribution is -2.53. The summed E-state index contributed by atoms with van der Waals surface area (Å²) in [5.41, 5.74) is 1.22. The molecule has 140 valence electrons. The number of ether oxygens (including phenoxy) is 1. The molecule has 0 bridgehead atoms. The molecule has 6 heteroatoms. The molecule has 1 aromatic carbocycles. The van der Waals surface area contributed by atoms with Crippen molar-refractivity contribution in [3.05, 3.63) is 24.3 Å². The predicted octanol–water partition coefficient (Wildman–Crippen LogP) is 1.73. The molecule has 0 aromatic heterocycles. The van der Waals surface area contributed by atoms with E-state index in [1.165, 1.54) is 5.69 Å². The lowest BCUT2D eigenvalue weighted by molar-refractivity contribution is 0.275. The minimum absolute atomic E-state index is 0.565. The summed E-state index contributed by atoms with van der Waals surface area (Å²) in [5, 5.41) is 3.49. The zero-order chi connectivity index (χ0) is 18.2. The Morgan fingerprint density at radius 3 is 2.60 bits per heavy atom. The van der Waals surface area contributed by atoms with Crippen LogP contribution in [-0.2, 0) is 0 Å². The number of anilines is 1. The van der Waals surface area contributed by atoms with Crippen LogP contribution in [0.3, 0.4) is 0 Å². The molecule has 0 spiro atoms. The second-order valence-electron chi connectivity index (χ2n) is 6.72. The van der Waals surface area contributed by atoms with E-state index in [4.69, 9.17) is 4.74 Å². The lowest BCUT2D eigenvalue weighted by Gasteiger charge is -2.38. The second-order valence-corrected chi connectivity index (χ2v) is 6.72. The third-order valence-electron chi connectivity index (χ3n) is 4.84. The number of piperazine rings is 1. The van der Waals surface area contributed by atoms with Gasteiger partial charge in [0.05, 0.1) is 7.11 Å². The molecule has 25 heavy (non-hydrogen) atoms. The van der Waals surface area contributed by atoms with Crippen LogP contribution in [0.2, 0.25) is 0 Å². The van der Waals surface area contributed by atoms with Crippen molar-refractivity contribution < 1.29 is 4.74 Å². The quantitative estimate of drug-likeness (QED) is 0.627. The molecule has 0 atom stereocenters. The summed E-state index contributed by atoms with van der Waals surface area (Å²) in [5.74, 6) is 1.91. The first-order valence-electron chi connectivity index (χ1n) is 9.10. The molecular formula is C19H33N5O. The van der Waals surface area contributed by atoms with Crippen molar-refractivity contribution in [2.24, 2.45) is 4.99 Å². The van der Waals surface area contributed by atoms with Crippen molar-refractivity contribution in [3.8, 4) is 5.75 Å². The molecule has 0 amide bonds. The summed E-state index contributed by atoms with van der Waals surface area (Å²) in [6.45, 7) is 10.3. The number of benzene rings is 1. The fraction of sp³-hybridized carbons (Fsp3) is 0.632. The fourth-order valence-corrected chi connectivity index (χ4v) is 2.92. The molecule has 1 heterocycles. The van der Waals surface area contributed by atoms with Crippen molar-refractivity contribution in [1.82, 2.24) is 15.1 Å². The summed E-state index contributed by atoms with van der Waals surface area (Å²) in [6, 6.07) is 8.85. The van der Waals surface area contributed by atoms with E-state index in [-0.39, 0.29) is 0 Å². The minimum atomic E-state index is 0.565. The zero-order valence-corrected chi connectivity index (χ0v) is 16.3. The van der Waals surface area contributed by atoms with Crippen LogP contribution < -0.4 is 15.0 Å². The molecule has 2 rings (SSSR count). The molecule has 6 nitrogen and oxygen atoms in total. The normalized spacial score (nSPS) is 15.9. The fourth-order valence-electron chi connectivity index (χ4n) is 2.92. The van der Waals surface area contributed by atoms with Gasteiger partial charge in [0, 0.05) is 64.1 Å². The van der Waals surface area contributed by atoms with E-state index >= 15 is 0 Å². The highest BCUT2D eigenvalue weighted by atomic mass is 16.5. The van der Waals surface area contributed by atoms with Crippen LogP contribution in [0, 0.1) is 0 Å². The first kappa shape index (κ1) is 19.4. The summed E-state index contributed by atoms with van der Waals surface area (Å²) in [6.07, 6.45) is 0. The number of hydrogen-bond donors (Lipinski definition) is 1. The van der Waals surface area contributed by atoms with Crippen LogP contribution in [0.15, 0.2) is 29.3 Å². The average Bonchev–Trinajstić information content (AvgIpc) is 2.65. The van der Waals surface area contributed by atoms with E-state index in [0.717, 1.165) is 51.0 Å². The van der Waals surface area contributed by atoms with Gasteiger partial charge in [-0.1, -0.05) is 6.07 Å². The molecule has 1 N–H and O–H groups in total. The molecule has 1 aliphatic heterocycles. The van der Waals surface area contributed by atoms with E-state index in [1.54, 1.807) is 7.11 Å². The first-order valence-corrected chi connectivity index (χ1v) is 9.10. The van der Waals surface area contributed by atoms with Gasteiger partial charge in [0.25, 0.3) is 0 Å². The van der Waals surface area contributed by atoms with Gasteiger partial charge in [-0.25, -0.2) is 0 Å². The molecule has 1 fully saturated rings. The Hall–Kier alpha value is -1.95. The summed E-state index contributed by atoms with van der Waals surface area (Å²) in [4.78, 5) is 11.5. The van der Waals surface area contributed by atoms with E-state index < -0.39 is 0 Å². The Bertz CT molecular complexity index is 553. The maximum atomic E-state index is 5.33. The predicted molar refractivity (Wildman–Crippen MR) is 106 cm³/mol. The summed E-state index contributed by atoms with van der Waals surface area (Å²) in [7, 11) is 5.73. The third kappa shape index (κ3) is 5.53. The molecule has 0 unspecified atom stereocenters. The molecule has 0 radical (unpaired) electrons. The zero-order valence-electron chi connectivity index (χ0n) is 16.3. The standard InChI is InChI=1S/C19H33N5O/c1-16(2)22(4)10-9-21-19(20-3)24-13-11-23(12-14-24)17-7-6-8-18(15-17)25-5/h6-8,15-16H,9-14H2,1-5H3,(H,20,21). The largest absolute Gasteiger partial charge is 0.497 e. The average molecular weight is 348 g/mol. The highest BCUT2D eigenvalue weighted by molar-refractivity contribution is 5.80. The number of nitrogens with one attached hydrogen (secondary N) is 1. The van der Waals surface area contributed by atoms with Crippen LogP contribution in [0.4, 0.5) is 5.69 Å². The van der Waals surface area contributed by atoms with Gasteiger partial charge in [-0.3, -0.25) is 4.99 Å². The Kier molecular flexibility index (Phi) is 7.37. The van der Waals surface area contributed by atoms with E-state index in [0.29, 0.717) is 6.04 Å². The highest BCUT2D eigenvalue weighted by Gasteiger charge is 2.20. The SMILES string of the molecule is CN=C(NCCN(C)C(C)C)N1CCN(c2cccc(OC)c2)CC1. The first-order chi connectivity index (χ1) is 12.0. The Balaban J connectivity index is 1.83. The van der Waals surface area contributed by atoms with Crippen molar-refractivity contribution >= 4 is 11.6 Å². The maximum absolute atomic E-state index is 5.33. The smallest absolute Gasteiger partial charge is 0.193 e. The van der Waals surface area contributed by atoms with Crippen molar-refractivity contribution in [2.75, 3.05) is 65.4 Å². The Morgan fingerprint density at radius 1 is 1.28 bits per heavy atom. The Labute approximate surface area is 152 Å². The van der Waals surface area contributed by atoms with Crippen molar-refractivity contribution in [3.63, 3.8) is 0 Å². The second kappa shape index (κ2) is 9.51. The van der Waals surface area contributed by atoms with E-state index in [2.05, 4.69) is 58.0 Å². The molecule has 0 aliphatic carbocycles. The van der Waals surface area contributed by atoms with Gasteiger partial charge in [0.2, 0.25) is 0 Å². The molecular weight excluding hydrogens is 314 g/mol. The molecule has 1 aliphatic rings. The van der Waals surface area contributed by atoms with Gasteiger partial charge in [-0.15, -0.1) is 0 Å². The van der Waals surface area contributed by atoms with Crippen LogP contribution in [-0.4, -0.2) is 82.3 Å². The van der Waals surface area contributed by atoms with Crippen LogP contribution >= 0.6 is 0 Å². The summed E-state index contributed by atoms with van der Waals surface area (Å²) < 4.78 is 5.33. The molecule has 1 aromatic rings. The lowest BCUT2D eigenvalue weighted by atomic mass is 10.2.